The van der Waals surface area contributed by atoms with Crippen molar-refractivity contribution in [2.24, 2.45) is 5.73 Å². The number of hydrogen-bond donors (Lipinski definition) is 1. The molecule has 7 heteroatoms. The summed E-state index contributed by atoms with van der Waals surface area (Å²) in [7, 11) is 0. The van der Waals surface area contributed by atoms with Gasteiger partial charge in [0.25, 0.3) is 0 Å². The molecule has 0 saturated heterocycles. The molecule has 0 aliphatic heterocycles. The summed E-state index contributed by atoms with van der Waals surface area (Å²) in [5.74, 6) is 0. The number of alkyl halides is 3. The summed E-state index contributed by atoms with van der Waals surface area (Å²) in [6.07, 6.45) is -1.68. The second-order valence-corrected chi connectivity index (χ2v) is 5.52. The smallest absolute Gasteiger partial charge is 0.318 e. The molecule has 108 valence electrons. The molecule has 2 N–H and O–H groups in total. The maximum atomic E-state index is 12.6. The fourth-order valence-corrected chi connectivity index (χ4v) is 2.88. The average molecular weight is 309 g/mol. The van der Waals surface area contributed by atoms with Crippen molar-refractivity contribution in [3.63, 3.8) is 0 Å². The van der Waals surface area contributed by atoms with Crippen molar-refractivity contribution in [2.75, 3.05) is 0 Å². The van der Waals surface area contributed by atoms with Gasteiger partial charge in [0.15, 0.2) is 5.01 Å². The van der Waals surface area contributed by atoms with Gasteiger partial charge in [-0.05, 0) is 11.5 Å². The molecule has 3 nitrogen and oxygen atoms in total. The molecule has 3 aromatic rings. The van der Waals surface area contributed by atoms with E-state index in [4.69, 9.17) is 5.73 Å². The van der Waals surface area contributed by atoms with Crippen LogP contribution in [-0.2, 0) is 6.18 Å². The molecule has 0 aliphatic rings. The first-order valence-electron chi connectivity index (χ1n) is 6.09. The van der Waals surface area contributed by atoms with E-state index in [1.807, 2.05) is 30.3 Å². The van der Waals surface area contributed by atoms with Crippen LogP contribution < -0.4 is 5.73 Å². The van der Waals surface area contributed by atoms with E-state index in [0.29, 0.717) is 21.9 Å². The third-order valence-corrected chi connectivity index (χ3v) is 4.20. The summed E-state index contributed by atoms with van der Waals surface area (Å²) >= 11 is 0.550. The maximum absolute atomic E-state index is 12.6. The summed E-state index contributed by atoms with van der Waals surface area (Å²) in [6, 6.07) is 8.58. The lowest BCUT2D eigenvalue weighted by molar-refractivity contribution is -0.137. The first-order chi connectivity index (χ1) is 9.97. The molecule has 1 aromatic carbocycles. The lowest BCUT2D eigenvalue weighted by Crippen LogP contribution is -2.12. The van der Waals surface area contributed by atoms with Gasteiger partial charge in [-0.3, -0.25) is 4.98 Å². The third-order valence-electron chi connectivity index (χ3n) is 3.07. The number of thiazole rings is 1. The molecule has 0 fully saturated rings. The highest BCUT2D eigenvalue weighted by atomic mass is 32.1. The van der Waals surface area contributed by atoms with E-state index in [0.717, 1.165) is 10.8 Å². The van der Waals surface area contributed by atoms with Crippen LogP contribution >= 0.6 is 11.3 Å². The van der Waals surface area contributed by atoms with Crippen LogP contribution in [0.4, 0.5) is 13.2 Å². The minimum Gasteiger partial charge on any atom is -0.318 e. The van der Waals surface area contributed by atoms with Crippen LogP contribution in [0.5, 0.6) is 0 Å². The van der Waals surface area contributed by atoms with Crippen LogP contribution in [0.3, 0.4) is 0 Å². The van der Waals surface area contributed by atoms with Crippen molar-refractivity contribution in [1.29, 1.82) is 0 Å². The maximum Gasteiger partial charge on any atom is 0.443 e. The van der Waals surface area contributed by atoms with E-state index in [-0.39, 0.29) is 0 Å². The second-order valence-electron chi connectivity index (χ2n) is 4.46. The Morgan fingerprint density at radius 2 is 1.86 bits per heavy atom. The van der Waals surface area contributed by atoms with E-state index in [1.165, 1.54) is 6.20 Å². The summed E-state index contributed by atoms with van der Waals surface area (Å²) in [5.41, 5.74) is 6.63. The Balaban J connectivity index is 2.05. The van der Waals surface area contributed by atoms with Gasteiger partial charge in [-0.25, -0.2) is 4.98 Å². The van der Waals surface area contributed by atoms with Crippen molar-refractivity contribution in [2.45, 2.75) is 12.2 Å². The second kappa shape index (κ2) is 5.09. The molecule has 2 heterocycles. The first-order valence-corrected chi connectivity index (χ1v) is 6.90. The zero-order chi connectivity index (χ0) is 15.0. The molecule has 0 aliphatic carbocycles. The van der Waals surface area contributed by atoms with Crippen LogP contribution in [0, 0.1) is 0 Å². The molecule has 1 atom stereocenters. The SMILES string of the molecule is NC(c1cnc(C(F)(F)F)s1)c1nccc2ccccc12. The Bertz CT molecular complexity index is 777. The molecule has 0 spiro atoms. The summed E-state index contributed by atoms with van der Waals surface area (Å²) < 4.78 is 37.8. The van der Waals surface area contributed by atoms with Crippen LogP contribution in [0.25, 0.3) is 10.8 Å². The molecule has 0 radical (unpaired) electrons. The topological polar surface area (TPSA) is 51.8 Å². The minimum absolute atomic E-state index is 0.339. The number of pyridine rings is 1. The number of halogens is 3. The molecule has 3 rings (SSSR count). The molecular formula is C14H10F3N3S. The highest BCUT2D eigenvalue weighted by molar-refractivity contribution is 7.11. The van der Waals surface area contributed by atoms with Gasteiger partial charge in [-0.1, -0.05) is 24.3 Å². The largest absolute Gasteiger partial charge is 0.443 e. The normalized spacial score (nSPS) is 13.5. The summed E-state index contributed by atoms with van der Waals surface area (Å²) in [6.45, 7) is 0. The highest BCUT2D eigenvalue weighted by Gasteiger charge is 2.35. The zero-order valence-electron chi connectivity index (χ0n) is 10.6. The number of fused-ring (bicyclic) bond motifs is 1. The molecule has 2 aromatic heterocycles. The fourth-order valence-electron chi connectivity index (χ4n) is 2.09. The minimum atomic E-state index is -4.45. The molecule has 1 unspecified atom stereocenters. The van der Waals surface area contributed by atoms with Gasteiger partial charge in [0.05, 0.1) is 11.7 Å². The van der Waals surface area contributed by atoms with Gasteiger partial charge in [-0.2, -0.15) is 13.2 Å². The van der Waals surface area contributed by atoms with Crippen LogP contribution in [0.1, 0.15) is 21.6 Å². The Kier molecular flexibility index (Phi) is 3.38. The van der Waals surface area contributed by atoms with Gasteiger partial charge in [0, 0.05) is 22.7 Å². The zero-order valence-corrected chi connectivity index (χ0v) is 11.4. The van der Waals surface area contributed by atoms with Crippen molar-refractivity contribution >= 4 is 22.1 Å². The predicted molar refractivity (Wildman–Crippen MR) is 74.9 cm³/mol. The van der Waals surface area contributed by atoms with E-state index in [1.54, 1.807) is 6.20 Å². The van der Waals surface area contributed by atoms with Crippen LogP contribution in [0.15, 0.2) is 42.7 Å². The fraction of sp³-hybridized carbons (Fsp3) is 0.143. The molecule has 21 heavy (non-hydrogen) atoms. The number of nitrogens with two attached hydrogens (primary N) is 1. The van der Waals surface area contributed by atoms with Crippen molar-refractivity contribution in [3.05, 3.63) is 58.3 Å². The summed E-state index contributed by atoms with van der Waals surface area (Å²) in [4.78, 5) is 7.97. The van der Waals surface area contributed by atoms with E-state index in [2.05, 4.69) is 9.97 Å². The van der Waals surface area contributed by atoms with Gasteiger partial charge in [0.2, 0.25) is 0 Å². The van der Waals surface area contributed by atoms with Crippen molar-refractivity contribution in [3.8, 4) is 0 Å². The lowest BCUT2D eigenvalue weighted by atomic mass is 10.0. The number of rotatable bonds is 2. The van der Waals surface area contributed by atoms with Gasteiger partial charge >= 0.3 is 6.18 Å². The van der Waals surface area contributed by atoms with E-state index < -0.39 is 17.2 Å². The monoisotopic (exact) mass is 309 g/mol. The van der Waals surface area contributed by atoms with Crippen molar-refractivity contribution in [1.82, 2.24) is 9.97 Å². The van der Waals surface area contributed by atoms with E-state index >= 15 is 0 Å². The Morgan fingerprint density at radius 1 is 1.10 bits per heavy atom. The van der Waals surface area contributed by atoms with Gasteiger partial charge in [0.1, 0.15) is 0 Å². The Morgan fingerprint density at radius 3 is 2.57 bits per heavy atom. The van der Waals surface area contributed by atoms with Crippen LogP contribution in [-0.4, -0.2) is 9.97 Å². The van der Waals surface area contributed by atoms with Gasteiger partial charge in [-0.15, -0.1) is 11.3 Å². The standard InChI is InChI=1S/C14H10F3N3S/c15-14(16,17)13-20-7-10(21-13)11(18)12-9-4-2-1-3-8(9)5-6-19-12/h1-7,11H,18H2. The predicted octanol–water partition coefficient (Wildman–Crippen LogP) is 3.76. The summed E-state index contributed by atoms with van der Waals surface area (Å²) in [5, 5.41) is 0.876. The van der Waals surface area contributed by atoms with Gasteiger partial charge < -0.3 is 5.73 Å². The Hall–Kier alpha value is -1.99. The molecular weight excluding hydrogens is 299 g/mol. The third kappa shape index (κ3) is 2.62. The average Bonchev–Trinajstić information content (AvgIpc) is 2.96. The number of aromatic nitrogens is 2. The van der Waals surface area contributed by atoms with Crippen molar-refractivity contribution < 1.29 is 13.2 Å². The molecule has 0 amide bonds. The molecule has 0 bridgehead atoms. The van der Waals surface area contributed by atoms with E-state index in [9.17, 15) is 13.2 Å². The number of benzene rings is 1. The number of nitrogens with zero attached hydrogens (tertiary/aromatic N) is 2. The highest BCUT2D eigenvalue weighted by Crippen LogP contribution is 2.35. The first kappa shape index (κ1) is 14.0. The Labute approximate surface area is 122 Å². The van der Waals surface area contributed by atoms with Crippen LogP contribution in [0.2, 0.25) is 0 Å². The quantitative estimate of drug-likeness (QED) is 0.784. The lowest BCUT2D eigenvalue weighted by Gasteiger charge is -2.11. The molecule has 0 saturated carbocycles. The number of hydrogen-bond acceptors (Lipinski definition) is 4.